The molecule has 0 atom stereocenters. The maximum Gasteiger partial charge on any atom is 1.00 e. The molecule has 0 spiro atoms. The van der Waals surface area contributed by atoms with E-state index in [1.165, 1.54) is 10.9 Å². The molecule has 8 nitrogen and oxygen atoms in total. The second kappa shape index (κ2) is 7.72. The predicted octanol–water partition coefficient (Wildman–Crippen LogP) is -4.13. The molecule has 18 heavy (non-hydrogen) atoms. The van der Waals surface area contributed by atoms with Gasteiger partial charge in [0, 0.05) is 5.88 Å². The van der Waals surface area contributed by atoms with Crippen LogP contribution < -0.4 is 40.4 Å². The van der Waals surface area contributed by atoms with Crippen LogP contribution in [0.25, 0.3) is 11.2 Å². The van der Waals surface area contributed by atoms with Gasteiger partial charge in [-0.2, -0.15) is 4.98 Å². The number of halogens is 1. The van der Waals surface area contributed by atoms with Gasteiger partial charge >= 0.3 is 29.6 Å². The Morgan fingerprint density at radius 3 is 2.83 bits per heavy atom. The number of anilines is 1. The molecule has 0 bridgehead atoms. The standard InChI is InChI=1S/C8H11N5O3.ClH.Na/c9-8-11-6-5(7(15)12-8)10-3-13(6)4-16-2-1-14;;/h3,14H,1-2,4H2,(H3,9,11,12,15);1H;/q;;+1/p-1. The first-order chi connectivity index (χ1) is 7.72. The SMILES string of the molecule is Cl.Nc1nc([O-])c2ncn(COCCO)c2n1.[Na+]. The Labute approximate surface area is 131 Å². The van der Waals surface area contributed by atoms with Gasteiger partial charge in [-0.1, -0.05) is 0 Å². The third-order valence-electron chi connectivity index (χ3n) is 1.92. The van der Waals surface area contributed by atoms with Crippen LogP contribution in [0, 0.1) is 0 Å². The minimum atomic E-state index is -0.511. The summed E-state index contributed by atoms with van der Waals surface area (Å²) >= 11 is 0. The summed E-state index contributed by atoms with van der Waals surface area (Å²) in [4.78, 5) is 11.2. The van der Waals surface area contributed by atoms with Crippen LogP contribution in [0.3, 0.4) is 0 Å². The topological polar surface area (TPSA) is 122 Å². The first-order valence-electron chi connectivity index (χ1n) is 4.56. The molecule has 0 fully saturated rings. The van der Waals surface area contributed by atoms with E-state index in [1.54, 1.807) is 0 Å². The molecule has 2 aromatic rings. The first kappa shape index (κ1) is 17.4. The van der Waals surface area contributed by atoms with Gasteiger partial charge in [0.1, 0.15) is 12.2 Å². The third-order valence-corrected chi connectivity index (χ3v) is 1.92. The van der Waals surface area contributed by atoms with Gasteiger partial charge in [0.25, 0.3) is 0 Å². The van der Waals surface area contributed by atoms with E-state index in [0.29, 0.717) is 5.65 Å². The zero-order valence-corrected chi connectivity index (χ0v) is 12.6. The fourth-order valence-corrected chi connectivity index (χ4v) is 1.26. The van der Waals surface area contributed by atoms with Crippen LogP contribution in [-0.2, 0) is 11.5 Å². The fourth-order valence-electron chi connectivity index (χ4n) is 1.26. The molecule has 2 aromatic heterocycles. The van der Waals surface area contributed by atoms with E-state index in [-0.39, 0.29) is 73.4 Å². The van der Waals surface area contributed by atoms with E-state index in [2.05, 4.69) is 15.0 Å². The van der Waals surface area contributed by atoms with Gasteiger partial charge in [-0.05, 0) is 0 Å². The van der Waals surface area contributed by atoms with Crippen LogP contribution >= 0.6 is 12.4 Å². The zero-order valence-electron chi connectivity index (χ0n) is 9.74. The maximum absolute atomic E-state index is 11.4. The number of hydrogen-bond donors (Lipinski definition) is 2. The van der Waals surface area contributed by atoms with Gasteiger partial charge in [0.2, 0.25) is 5.95 Å². The Morgan fingerprint density at radius 1 is 1.44 bits per heavy atom. The van der Waals surface area contributed by atoms with Crippen molar-refractivity contribution in [3.05, 3.63) is 6.33 Å². The number of aliphatic hydroxyl groups is 1. The number of nitrogens with two attached hydrogens (primary N) is 1. The smallest absolute Gasteiger partial charge is 0.857 e. The molecule has 0 aromatic carbocycles. The number of hydrogen-bond acceptors (Lipinski definition) is 7. The molecule has 0 aliphatic rings. The fraction of sp³-hybridized carbons (Fsp3) is 0.375. The predicted molar refractivity (Wildman–Crippen MR) is 59.5 cm³/mol. The molecule has 0 saturated carbocycles. The number of aliphatic hydroxyl groups excluding tert-OH is 1. The minimum Gasteiger partial charge on any atom is -0.857 e. The van der Waals surface area contributed by atoms with Crippen molar-refractivity contribution in [1.29, 1.82) is 0 Å². The van der Waals surface area contributed by atoms with Crippen molar-refractivity contribution in [2.45, 2.75) is 6.73 Å². The van der Waals surface area contributed by atoms with Crippen molar-refractivity contribution in [3.63, 3.8) is 0 Å². The van der Waals surface area contributed by atoms with Gasteiger partial charge in [-0.3, -0.25) is 4.57 Å². The molecule has 0 unspecified atom stereocenters. The molecule has 0 saturated heterocycles. The normalized spacial score (nSPS) is 9.83. The molecule has 0 radical (unpaired) electrons. The van der Waals surface area contributed by atoms with Crippen molar-refractivity contribution in [3.8, 4) is 5.88 Å². The van der Waals surface area contributed by atoms with Crippen LogP contribution in [0.4, 0.5) is 5.95 Å². The van der Waals surface area contributed by atoms with E-state index < -0.39 is 5.88 Å². The summed E-state index contributed by atoms with van der Waals surface area (Å²) in [5, 5.41) is 19.9. The number of rotatable bonds is 4. The zero-order chi connectivity index (χ0) is 11.5. The molecule has 0 aliphatic heterocycles. The molecule has 3 N–H and O–H groups in total. The Balaban J connectivity index is 0.00000144. The average Bonchev–Trinajstić information content (AvgIpc) is 2.62. The summed E-state index contributed by atoms with van der Waals surface area (Å²) in [5.74, 6) is -0.607. The van der Waals surface area contributed by atoms with E-state index >= 15 is 0 Å². The Kier molecular flexibility index (Phi) is 7.45. The number of nitrogens with zero attached hydrogens (tertiary/aromatic N) is 4. The Hall–Kier alpha value is -0.640. The summed E-state index contributed by atoms with van der Waals surface area (Å²) in [5.41, 5.74) is 5.85. The summed E-state index contributed by atoms with van der Waals surface area (Å²) in [6, 6.07) is 0. The van der Waals surface area contributed by atoms with Crippen LogP contribution in [0.15, 0.2) is 6.33 Å². The number of aromatic nitrogens is 4. The van der Waals surface area contributed by atoms with Gasteiger partial charge in [0.15, 0.2) is 5.65 Å². The molecule has 0 amide bonds. The summed E-state index contributed by atoms with van der Waals surface area (Å²) in [6.45, 7) is 0.272. The van der Waals surface area contributed by atoms with Crippen molar-refractivity contribution < 1.29 is 44.5 Å². The van der Waals surface area contributed by atoms with Gasteiger partial charge < -0.3 is 20.7 Å². The number of nitrogen functional groups attached to an aromatic ring is 1. The molecule has 2 rings (SSSR count). The van der Waals surface area contributed by atoms with Crippen LogP contribution in [-0.4, -0.2) is 37.8 Å². The van der Waals surface area contributed by atoms with Crippen molar-refractivity contribution in [2.24, 2.45) is 0 Å². The van der Waals surface area contributed by atoms with E-state index in [9.17, 15) is 5.11 Å². The van der Waals surface area contributed by atoms with Gasteiger partial charge in [0.05, 0.1) is 19.5 Å². The monoisotopic (exact) mass is 283 g/mol. The third kappa shape index (κ3) is 3.67. The van der Waals surface area contributed by atoms with E-state index in [1.807, 2.05) is 0 Å². The quantitative estimate of drug-likeness (QED) is 0.432. The summed E-state index contributed by atoms with van der Waals surface area (Å²) in [7, 11) is 0. The second-order valence-electron chi connectivity index (χ2n) is 3.03. The Morgan fingerprint density at radius 2 is 2.17 bits per heavy atom. The minimum absolute atomic E-state index is 0. The largest absolute Gasteiger partial charge is 1.00 e. The van der Waals surface area contributed by atoms with Crippen LogP contribution in [0.1, 0.15) is 0 Å². The molecule has 94 valence electrons. The molecular weight excluding hydrogens is 273 g/mol. The van der Waals surface area contributed by atoms with Crippen molar-refractivity contribution in [1.82, 2.24) is 19.5 Å². The van der Waals surface area contributed by atoms with Gasteiger partial charge in [-0.25, -0.2) is 9.97 Å². The van der Waals surface area contributed by atoms with E-state index in [0.717, 1.165) is 0 Å². The van der Waals surface area contributed by atoms with Gasteiger partial charge in [-0.15, -0.1) is 12.4 Å². The van der Waals surface area contributed by atoms with Crippen molar-refractivity contribution in [2.75, 3.05) is 18.9 Å². The summed E-state index contributed by atoms with van der Waals surface area (Å²) in [6.07, 6.45) is 1.41. The number of fused-ring (bicyclic) bond motifs is 1. The number of imidazole rings is 1. The second-order valence-corrected chi connectivity index (χ2v) is 3.03. The molecule has 0 aliphatic carbocycles. The maximum atomic E-state index is 11.4. The molecule has 10 heteroatoms. The van der Waals surface area contributed by atoms with E-state index in [4.69, 9.17) is 15.6 Å². The summed E-state index contributed by atoms with van der Waals surface area (Å²) < 4.78 is 6.60. The van der Waals surface area contributed by atoms with Crippen molar-refractivity contribution >= 4 is 29.5 Å². The average molecular weight is 284 g/mol. The first-order valence-corrected chi connectivity index (χ1v) is 4.56. The van der Waals surface area contributed by atoms with Crippen LogP contribution in [0.5, 0.6) is 5.88 Å². The number of ether oxygens (including phenoxy) is 1. The van der Waals surface area contributed by atoms with Crippen LogP contribution in [0.2, 0.25) is 0 Å². The molecular formula is C8H11ClN5NaO3. The Bertz CT molecular complexity index is 509. The molecule has 2 heterocycles.